The number of ether oxygens (including phenoxy) is 1. The number of fused-ring (bicyclic) bond motifs is 2. The van der Waals surface area contributed by atoms with E-state index in [1.54, 1.807) is 26.0 Å². The molecule has 0 aromatic heterocycles. The van der Waals surface area contributed by atoms with Crippen molar-refractivity contribution in [3.63, 3.8) is 0 Å². The number of halogens is 3. The van der Waals surface area contributed by atoms with Crippen LogP contribution in [0.15, 0.2) is 30.4 Å². The van der Waals surface area contributed by atoms with Crippen LogP contribution in [0, 0.1) is 17.2 Å². The maximum absolute atomic E-state index is 13.1. The molecule has 4 atom stereocenters. The molecule has 1 aromatic rings. The number of anilines is 1. The Morgan fingerprint density at radius 2 is 1.93 bits per heavy atom. The molecule has 0 amide bonds. The van der Waals surface area contributed by atoms with E-state index in [1.165, 1.54) is 6.07 Å². The van der Waals surface area contributed by atoms with Gasteiger partial charge >= 0.3 is 6.18 Å². The molecule has 1 aromatic carbocycles. The Bertz CT molecular complexity index is 954. The van der Waals surface area contributed by atoms with E-state index in [1.807, 2.05) is 0 Å². The van der Waals surface area contributed by atoms with E-state index in [0.717, 1.165) is 12.1 Å². The van der Waals surface area contributed by atoms with Crippen LogP contribution >= 0.6 is 0 Å². The molecular weight excluding hydrogens is 385 g/mol. The van der Waals surface area contributed by atoms with Gasteiger partial charge < -0.3 is 9.84 Å². The minimum atomic E-state index is -4.81. The molecule has 10 heteroatoms. The zero-order valence-corrected chi connectivity index (χ0v) is 15.2. The van der Waals surface area contributed by atoms with Crippen LogP contribution in [0.25, 0.3) is 0 Å². The number of aliphatic hydroxyl groups excluding tert-OH is 1. The van der Waals surface area contributed by atoms with Gasteiger partial charge in [-0.25, -0.2) is 8.42 Å². The van der Waals surface area contributed by atoms with Crippen LogP contribution in [0.4, 0.5) is 18.9 Å². The van der Waals surface area contributed by atoms with Gasteiger partial charge in [0, 0.05) is 11.6 Å². The number of sulfonamides is 1. The van der Waals surface area contributed by atoms with Gasteiger partial charge in [-0.15, -0.1) is 0 Å². The van der Waals surface area contributed by atoms with Crippen molar-refractivity contribution in [2.75, 3.05) is 11.3 Å². The Balaban J connectivity index is 1.99. The molecule has 2 heterocycles. The highest BCUT2D eigenvalue weighted by Crippen LogP contribution is 2.52. The molecule has 0 spiro atoms. The highest BCUT2D eigenvalue weighted by atomic mass is 32.2. The highest BCUT2D eigenvalue weighted by molar-refractivity contribution is 7.93. The standard InChI is InChI=1S/C17H17F3N2O4S/c1-15-5-6-16(2,26-15)14(13(15)9-23)27(24,25)22-11-4-3-10(8-21)12(7-11)17(18,19)20/h3-7,13-14,22-23H,9H2,1-2H3. The smallest absolute Gasteiger partial charge is 0.396 e. The van der Waals surface area contributed by atoms with E-state index >= 15 is 0 Å². The molecule has 0 radical (unpaired) electrons. The number of rotatable bonds is 4. The van der Waals surface area contributed by atoms with Crippen LogP contribution in [-0.4, -0.2) is 36.6 Å². The summed E-state index contributed by atoms with van der Waals surface area (Å²) in [5, 5.41) is 17.3. The van der Waals surface area contributed by atoms with Gasteiger partial charge in [0.25, 0.3) is 0 Å². The third-order valence-electron chi connectivity index (χ3n) is 5.09. The first kappa shape index (κ1) is 19.7. The van der Waals surface area contributed by atoms with E-state index in [-0.39, 0.29) is 5.69 Å². The zero-order chi connectivity index (χ0) is 20.3. The summed E-state index contributed by atoms with van der Waals surface area (Å²) in [5.74, 6) is -0.787. The van der Waals surface area contributed by atoms with Crippen LogP contribution in [0.5, 0.6) is 0 Å². The van der Waals surface area contributed by atoms with Gasteiger partial charge in [0.05, 0.1) is 29.4 Å². The average Bonchev–Trinajstić information content (AvgIpc) is 2.99. The van der Waals surface area contributed by atoms with Gasteiger partial charge in [-0.1, -0.05) is 12.2 Å². The van der Waals surface area contributed by atoms with Crippen LogP contribution in [0.3, 0.4) is 0 Å². The summed E-state index contributed by atoms with van der Waals surface area (Å²) in [7, 11) is -4.22. The lowest BCUT2D eigenvalue weighted by Gasteiger charge is -2.31. The van der Waals surface area contributed by atoms with Crippen LogP contribution < -0.4 is 4.72 Å². The molecule has 1 saturated heterocycles. The fourth-order valence-corrected chi connectivity index (χ4v) is 6.01. The minimum Gasteiger partial charge on any atom is -0.396 e. The monoisotopic (exact) mass is 402 g/mol. The third kappa shape index (κ3) is 3.09. The maximum Gasteiger partial charge on any atom is 0.417 e. The summed E-state index contributed by atoms with van der Waals surface area (Å²) in [6.45, 7) is 2.73. The molecule has 27 heavy (non-hydrogen) atoms. The zero-order valence-electron chi connectivity index (χ0n) is 14.4. The summed E-state index contributed by atoms with van der Waals surface area (Å²) in [6, 6.07) is 4.02. The Morgan fingerprint density at radius 3 is 2.48 bits per heavy atom. The van der Waals surface area contributed by atoms with Gasteiger partial charge in [-0.05, 0) is 32.0 Å². The largest absolute Gasteiger partial charge is 0.417 e. The van der Waals surface area contributed by atoms with E-state index in [9.17, 15) is 26.7 Å². The molecule has 2 bridgehead atoms. The number of benzene rings is 1. The number of aliphatic hydroxyl groups is 1. The van der Waals surface area contributed by atoms with Crippen molar-refractivity contribution in [1.82, 2.24) is 0 Å². The number of alkyl halides is 3. The molecule has 2 aliphatic rings. The predicted octanol–water partition coefficient (Wildman–Crippen LogP) is 2.41. The van der Waals surface area contributed by atoms with E-state index in [4.69, 9.17) is 10.00 Å². The normalized spacial score (nSPS) is 32.5. The SMILES string of the molecule is CC12C=CC(C)(O1)C(S(=O)(=O)Nc1ccc(C#N)c(C(F)(F)F)c1)C2CO. The first-order chi connectivity index (χ1) is 12.4. The van der Waals surface area contributed by atoms with Crippen molar-refractivity contribution in [3.8, 4) is 6.07 Å². The van der Waals surface area contributed by atoms with E-state index in [0.29, 0.717) is 6.07 Å². The highest BCUT2D eigenvalue weighted by Gasteiger charge is 2.64. The van der Waals surface area contributed by atoms with Gasteiger partial charge in [-0.3, -0.25) is 4.72 Å². The minimum absolute atomic E-state index is 0.321. The first-order valence-electron chi connectivity index (χ1n) is 8.01. The fraction of sp³-hybridized carbons (Fsp3) is 0.471. The second-order valence-electron chi connectivity index (χ2n) is 7.03. The summed E-state index contributed by atoms with van der Waals surface area (Å²) < 4.78 is 73.2. The fourth-order valence-electron chi connectivity index (χ4n) is 3.89. The maximum atomic E-state index is 13.1. The Labute approximate surface area is 154 Å². The lowest BCUT2D eigenvalue weighted by atomic mass is 9.80. The molecule has 1 fully saturated rings. The number of nitrogens with zero attached hydrogens (tertiary/aromatic N) is 1. The predicted molar refractivity (Wildman–Crippen MR) is 90.1 cm³/mol. The number of hydrogen-bond donors (Lipinski definition) is 2. The molecule has 0 aliphatic carbocycles. The average molecular weight is 402 g/mol. The lowest BCUT2D eigenvalue weighted by molar-refractivity contribution is -0.137. The van der Waals surface area contributed by atoms with E-state index in [2.05, 4.69) is 4.72 Å². The van der Waals surface area contributed by atoms with Crippen molar-refractivity contribution in [2.45, 2.75) is 36.5 Å². The second-order valence-corrected chi connectivity index (χ2v) is 8.83. The van der Waals surface area contributed by atoms with Crippen molar-refractivity contribution >= 4 is 15.7 Å². The molecule has 146 valence electrons. The van der Waals surface area contributed by atoms with Crippen molar-refractivity contribution < 1.29 is 31.4 Å². The topological polar surface area (TPSA) is 99.4 Å². The van der Waals surface area contributed by atoms with Crippen molar-refractivity contribution in [3.05, 3.63) is 41.5 Å². The molecular formula is C17H17F3N2O4S. The van der Waals surface area contributed by atoms with Crippen molar-refractivity contribution in [1.29, 1.82) is 5.26 Å². The van der Waals surface area contributed by atoms with Crippen LogP contribution in [-0.2, 0) is 20.9 Å². The van der Waals surface area contributed by atoms with Crippen LogP contribution in [0.2, 0.25) is 0 Å². The van der Waals surface area contributed by atoms with Gasteiger partial charge in [-0.2, -0.15) is 18.4 Å². The third-order valence-corrected chi connectivity index (χ3v) is 7.07. The van der Waals surface area contributed by atoms with Gasteiger partial charge in [0.15, 0.2) is 0 Å². The van der Waals surface area contributed by atoms with Crippen molar-refractivity contribution in [2.24, 2.45) is 5.92 Å². The quantitative estimate of drug-likeness (QED) is 0.754. The summed E-state index contributed by atoms with van der Waals surface area (Å²) >= 11 is 0. The molecule has 2 aliphatic heterocycles. The second kappa shape index (κ2) is 5.95. The number of hydrogen-bond acceptors (Lipinski definition) is 5. The summed E-state index contributed by atoms with van der Waals surface area (Å²) in [5.41, 5.74) is -4.35. The Morgan fingerprint density at radius 1 is 1.30 bits per heavy atom. The molecule has 2 N–H and O–H groups in total. The van der Waals surface area contributed by atoms with Gasteiger partial charge in [0.1, 0.15) is 10.9 Å². The Hall–Kier alpha value is -2.09. The first-order valence-corrected chi connectivity index (χ1v) is 9.55. The lowest BCUT2D eigenvalue weighted by Crippen LogP contribution is -2.49. The molecule has 3 rings (SSSR count). The molecule has 0 saturated carbocycles. The number of nitriles is 1. The van der Waals surface area contributed by atoms with E-state index < -0.39 is 56.3 Å². The summed E-state index contributed by atoms with van der Waals surface area (Å²) in [4.78, 5) is 0. The van der Waals surface area contributed by atoms with Gasteiger partial charge in [0.2, 0.25) is 10.0 Å². The molecule has 6 nitrogen and oxygen atoms in total. The van der Waals surface area contributed by atoms with Crippen LogP contribution in [0.1, 0.15) is 25.0 Å². The Kier molecular flexibility index (Phi) is 4.34. The molecule has 4 unspecified atom stereocenters. The summed E-state index contributed by atoms with van der Waals surface area (Å²) in [6.07, 6.45) is -1.54. The number of nitrogens with one attached hydrogen (secondary N) is 1.